The summed E-state index contributed by atoms with van der Waals surface area (Å²) in [4.78, 5) is 29.1. The fraction of sp³-hybridized carbons (Fsp3) is 0.353. The molecule has 1 aromatic carbocycles. The quantitative estimate of drug-likeness (QED) is 0.680. The molecule has 2 heterocycles. The first-order chi connectivity index (χ1) is 11.5. The molecular formula is C17H19N3O3S. The number of thioether (sulfide) groups is 1. The van der Waals surface area contributed by atoms with Crippen molar-refractivity contribution in [3.05, 3.63) is 45.7 Å². The third kappa shape index (κ3) is 2.91. The number of hydrogen-bond donors (Lipinski definition) is 1. The van der Waals surface area contributed by atoms with Crippen molar-refractivity contribution in [2.45, 2.75) is 24.4 Å². The van der Waals surface area contributed by atoms with E-state index in [1.165, 1.54) is 11.8 Å². The van der Waals surface area contributed by atoms with E-state index in [1.54, 1.807) is 11.7 Å². The van der Waals surface area contributed by atoms with Crippen LogP contribution in [0, 0.1) is 0 Å². The van der Waals surface area contributed by atoms with Gasteiger partial charge in [0.05, 0.1) is 12.7 Å². The second kappa shape index (κ2) is 6.68. The number of anilines is 1. The standard InChI is InChI=1S/C17H19N3O3S/c1-4-24-17-19-16(22)14-12(9-13(21)18-15(14)20(17)2)10-6-5-7-11(8-10)23-3/h5-8,12H,4,9H2,1-3H3,(H,18,21). The number of hydrogen-bond acceptors (Lipinski definition) is 5. The van der Waals surface area contributed by atoms with Crippen molar-refractivity contribution in [2.75, 3.05) is 18.2 Å². The van der Waals surface area contributed by atoms with Gasteiger partial charge in [0.25, 0.3) is 5.56 Å². The molecule has 1 unspecified atom stereocenters. The zero-order valence-electron chi connectivity index (χ0n) is 13.8. The number of aromatic nitrogens is 2. The Labute approximate surface area is 144 Å². The zero-order valence-corrected chi connectivity index (χ0v) is 14.6. The number of amides is 1. The van der Waals surface area contributed by atoms with E-state index < -0.39 is 0 Å². The van der Waals surface area contributed by atoms with Gasteiger partial charge in [0.15, 0.2) is 5.16 Å². The summed E-state index contributed by atoms with van der Waals surface area (Å²) in [6.45, 7) is 1.99. The molecule has 0 saturated carbocycles. The van der Waals surface area contributed by atoms with Gasteiger partial charge in [-0.15, -0.1) is 0 Å². The van der Waals surface area contributed by atoms with Crippen molar-refractivity contribution in [1.29, 1.82) is 0 Å². The molecule has 1 amide bonds. The van der Waals surface area contributed by atoms with Crippen LogP contribution in [0.25, 0.3) is 0 Å². The summed E-state index contributed by atoms with van der Waals surface area (Å²) in [7, 11) is 3.41. The molecule has 0 radical (unpaired) electrons. The molecule has 0 spiro atoms. The Bertz CT molecular complexity index is 847. The van der Waals surface area contributed by atoms with Crippen molar-refractivity contribution in [3.63, 3.8) is 0 Å². The first-order valence-corrected chi connectivity index (χ1v) is 8.71. The lowest BCUT2D eigenvalue weighted by Crippen LogP contribution is -2.33. The molecule has 1 N–H and O–H groups in total. The van der Waals surface area contributed by atoms with Gasteiger partial charge in [0.1, 0.15) is 11.6 Å². The maximum Gasteiger partial charge on any atom is 0.279 e. The third-order valence-corrected chi connectivity index (χ3v) is 4.98. The third-order valence-electron chi connectivity index (χ3n) is 4.07. The summed E-state index contributed by atoms with van der Waals surface area (Å²) in [6, 6.07) is 7.47. The molecule has 1 aliphatic heterocycles. The first-order valence-electron chi connectivity index (χ1n) is 7.72. The van der Waals surface area contributed by atoms with Gasteiger partial charge in [-0.1, -0.05) is 30.8 Å². The Hall–Kier alpha value is -2.28. The van der Waals surface area contributed by atoms with E-state index in [0.29, 0.717) is 22.3 Å². The molecule has 0 saturated heterocycles. The number of carbonyl (C=O) groups is 1. The van der Waals surface area contributed by atoms with E-state index in [2.05, 4.69) is 10.3 Å². The molecule has 1 atom stereocenters. The SMILES string of the molecule is CCSc1nc(=O)c2c(n1C)NC(=O)CC2c1cccc(OC)c1. The van der Waals surface area contributed by atoms with Crippen LogP contribution in [0.3, 0.4) is 0 Å². The summed E-state index contributed by atoms with van der Waals surface area (Å²) in [5.41, 5.74) is 1.12. The van der Waals surface area contributed by atoms with Crippen molar-refractivity contribution in [2.24, 2.45) is 7.05 Å². The Kier molecular flexibility index (Phi) is 4.62. The summed E-state index contributed by atoms with van der Waals surface area (Å²) >= 11 is 1.47. The number of ether oxygens (including phenoxy) is 1. The molecule has 0 fully saturated rings. The van der Waals surface area contributed by atoms with Crippen LogP contribution in [0.5, 0.6) is 5.75 Å². The normalized spacial score (nSPS) is 16.5. The summed E-state index contributed by atoms with van der Waals surface area (Å²) < 4.78 is 7.05. The first kappa shape index (κ1) is 16.6. The Morgan fingerprint density at radius 1 is 1.42 bits per heavy atom. The van der Waals surface area contributed by atoms with Crippen LogP contribution >= 0.6 is 11.8 Å². The molecule has 126 valence electrons. The summed E-state index contributed by atoms with van der Waals surface area (Å²) in [5.74, 6) is 1.60. The van der Waals surface area contributed by atoms with Crippen LogP contribution in [-0.4, -0.2) is 28.3 Å². The molecule has 2 aromatic rings. The number of benzene rings is 1. The van der Waals surface area contributed by atoms with Crippen LogP contribution in [0.4, 0.5) is 5.82 Å². The number of nitrogens with zero attached hydrogens (tertiary/aromatic N) is 2. The number of carbonyl (C=O) groups excluding carboxylic acids is 1. The fourth-order valence-corrected chi connectivity index (χ4v) is 3.63. The molecule has 1 aromatic heterocycles. The Morgan fingerprint density at radius 3 is 2.92 bits per heavy atom. The molecule has 0 bridgehead atoms. The van der Waals surface area contributed by atoms with Crippen molar-refractivity contribution < 1.29 is 9.53 Å². The Balaban J connectivity index is 2.18. The minimum Gasteiger partial charge on any atom is -0.497 e. The van der Waals surface area contributed by atoms with E-state index in [4.69, 9.17) is 4.74 Å². The maximum atomic E-state index is 12.6. The van der Waals surface area contributed by atoms with E-state index in [0.717, 1.165) is 11.3 Å². The molecule has 0 aliphatic carbocycles. The van der Waals surface area contributed by atoms with Crippen LogP contribution in [0.1, 0.15) is 30.4 Å². The largest absolute Gasteiger partial charge is 0.497 e. The zero-order chi connectivity index (χ0) is 17.3. The minimum absolute atomic E-state index is 0.107. The van der Waals surface area contributed by atoms with Gasteiger partial charge in [-0.2, -0.15) is 4.98 Å². The predicted octanol–water partition coefficient (Wildman–Crippen LogP) is 2.38. The van der Waals surface area contributed by atoms with Gasteiger partial charge < -0.3 is 14.6 Å². The molecule has 6 nitrogen and oxygen atoms in total. The van der Waals surface area contributed by atoms with Gasteiger partial charge >= 0.3 is 0 Å². The van der Waals surface area contributed by atoms with E-state index >= 15 is 0 Å². The van der Waals surface area contributed by atoms with Gasteiger partial charge in [-0.3, -0.25) is 9.59 Å². The van der Waals surface area contributed by atoms with Gasteiger partial charge in [0, 0.05) is 19.4 Å². The van der Waals surface area contributed by atoms with Crippen LogP contribution in [0.15, 0.2) is 34.2 Å². The lowest BCUT2D eigenvalue weighted by molar-refractivity contribution is -0.116. The minimum atomic E-state index is -0.323. The maximum absolute atomic E-state index is 12.6. The monoisotopic (exact) mass is 345 g/mol. The molecular weight excluding hydrogens is 326 g/mol. The molecule has 1 aliphatic rings. The van der Waals surface area contributed by atoms with Gasteiger partial charge in [-0.05, 0) is 23.4 Å². The topological polar surface area (TPSA) is 73.2 Å². The van der Waals surface area contributed by atoms with E-state index in [9.17, 15) is 9.59 Å². The highest BCUT2D eigenvalue weighted by molar-refractivity contribution is 7.99. The highest BCUT2D eigenvalue weighted by Crippen LogP contribution is 2.36. The van der Waals surface area contributed by atoms with E-state index in [-0.39, 0.29) is 23.8 Å². The number of fused-ring (bicyclic) bond motifs is 1. The second-order valence-corrected chi connectivity index (χ2v) is 6.77. The number of rotatable bonds is 4. The number of methoxy groups -OCH3 is 1. The lowest BCUT2D eigenvalue weighted by atomic mass is 9.86. The Morgan fingerprint density at radius 2 is 2.21 bits per heavy atom. The average Bonchev–Trinajstić information content (AvgIpc) is 2.59. The van der Waals surface area contributed by atoms with Crippen LogP contribution in [-0.2, 0) is 11.8 Å². The van der Waals surface area contributed by atoms with Crippen LogP contribution < -0.4 is 15.6 Å². The molecule has 7 heteroatoms. The van der Waals surface area contributed by atoms with Crippen molar-refractivity contribution in [3.8, 4) is 5.75 Å². The van der Waals surface area contributed by atoms with Gasteiger partial charge in [-0.25, -0.2) is 0 Å². The van der Waals surface area contributed by atoms with Crippen LogP contribution in [0.2, 0.25) is 0 Å². The molecule has 3 rings (SSSR count). The average molecular weight is 345 g/mol. The summed E-state index contributed by atoms with van der Waals surface area (Å²) in [6.07, 6.45) is 0.220. The fourth-order valence-electron chi connectivity index (χ4n) is 2.94. The van der Waals surface area contributed by atoms with Crippen molar-refractivity contribution in [1.82, 2.24) is 9.55 Å². The highest BCUT2D eigenvalue weighted by Gasteiger charge is 2.32. The highest BCUT2D eigenvalue weighted by atomic mass is 32.2. The lowest BCUT2D eigenvalue weighted by Gasteiger charge is -2.27. The summed E-state index contributed by atoms with van der Waals surface area (Å²) in [5, 5.41) is 3.44. The van der Waals surface area contributed by atoms with Crippen molar-refractivity contribution >= 4 is 23.5 Å². The smallest absolute Gasteiger partial charge is 0.279 e. The number of nitrogens with one attached hydrogen (secondary N) is 1. The molecule has 24 heavy (non-hydrogen) atoms. The second-order valence-electron chi connectivity index (χ2n) is 5.54. The van der Waals surface area contributed by atoms with E-state index in [1.807, 2.05) is 38.2 Å². The van der Waals surface area contributed by atoms with Gasteiger partial charge in [0.2, 0.25) is 5.91 Å². The predicted molar refractivity (Wildman–Crippen MR) is 94.0 cm³/mol.